The lowest BCUT2D eigenvalue weighted by molar-refractivity contribution is -0.158. The molecule has 18 heavy (non-hydrogen) atoms. The summed E-state index contributed by atoms with van der Waals surface area (Å²) >= 11 is 4.24. The Labute approximate surface area is 103 Å². The Hall–Kier alpha value is -1.32. The van der Waals surface area contributed by atoms with Gasteiger partial charge >= 0.3 is 12.4 Å². The van der Waals surface area contributed by atoms with E-state index in [0.29, 0.717) is 17.1 Å². The maximum atomic E-state index is 12.5. The van der Waals surface area contributed by atoms with E-state index < -0.39 is 35.4 Å². The maximum Gasteiger partial charge on any atom is 0.419 e. The first-order valence-corrected chi connectivity index (χ1v) is 4.88. The minimum atomic E-state index is -4.73. The van der Waals surface area contributed by atoms with E-state index in [2.05, 4.69) is 17.3 Å². The standard InChI is InChI=1S/C8H7F6N3S/c9-7(10,11)4-1-16-17(2-4)3-5(6(15)18)8(12,13)14/h1-2,5H,3H2,(H2,15,18). The second-order valence-corrected chi connectivity index (χ2v) is 3.92. The van der Waals surface area contributed by atoms with Crippen LogP contribution < -0.4 is 5.73 Å². The van der Waals surface area contributed by atoms with Gasteiger partial charge in [0.2, 0.25) is 0 Å². The minimum absolute atomic E-state index is 0.437. The molecule has 102 valence electrons. The van der Waals surface area contributed by atoms with Crippen molar-refractivity contribution in [3.63, 3.8) is 0 Å². The van der Waals surface area contributed by atoms with Gasteiger partial charge in [-0.05, 0) is 0 Å². The molecule has 1 rings (SSSR count). The molecule has 1 unspecified atom stereocenters. The molecular formula is C8H7F6N3S. The summed E-state index contributed by atoms with van der Waals surface area (Å²) in [6, 6.07) is 0. The number of alkyl halides is 6. The zero-order chi connectivity index (χ0) is 14.1. The Morgan fingerprint density at radius 1 is 1.33 bits per heavy atom. The van der Waals surface area contributed by atoms with Crippen molar-refractivity contribution in [1.29, 1.82) is 0 Å². The average molecular weight is 291 g/mol. The highest BCUT2D eigenvalue weighted by atomic mass is 32.1. The summed E-state index contributed by atoms with van der Waals surface area (Å²) in [5.41, 5.74) is 3.78. The molecule has 1 heterocycles. The van der Waals surface area contributed by atoms with Crippen LogP contribution in [0.5, 0.6) is 0 Å². The fourth-order valence-electron chi connectivity index (χ4n) is 1.15. The first kappa shape index (κ1) is 14.7. The smallest absolute Gasteiger partial charge is 0.393 e. The van der Waals surface area contributed by atoms with Gasteiger partial charge < -0.3 is 5.73 Å². The normalized spacial score (nSPS) is 14.6. The Morgan fingerprint density at radius 3 is 2.22 bits per heavy atom. The van der Waals surface area contributed by atoms with Crippen molar-refractivity contribution in [2.24, 2.45) is 11.7 Å². The lowest BCUT2D eigenvalue weighted by Crippen LogP contribution is -2.37. The van der Waals surface area contributed by atoms with Crippen molar-refractivity contribution in [2.75, 3.05) is 0 Å². The van der Waals surface area contributed by atoms with Crippen molar-refractivity contribution in [3.8, 4) is 0 Å². The number of thiocarbonyl (C=S) groups is 1. The molecule has 3 nitrogen and oxygen atoms in total. The summed E-state index contributed by atoms with van der Waals surface area (Å²) in [4.78, 5) is -0.841. The van der Waals surface area contributed by atoms with Crippen LogP contribution in [0.15, 0.2) is 12.4 Å². The third-order valence-corrected chi connectivity index (χ3v) is 2.35. The number of hydrogen-bond acceptors (Lipinski definition) is 2. The molecule has 0 radical (unpaired) electrons. The van der Waals surface area contributed by atoms with Gasteiger partial charge in [0, 0.05) is 6.20 Å². The van der Waals surface area contributed by atoms with E-state index in [1.807, 2.05) is 0 Å². The lowest BCUT2D eigenvalue weighted by Gasteiger charge is -2.18. The van der Waals surface area contributed by atoms with Gasteiger partial charge in [-0.1, -0.05) is 12.2 Å². The van der Waals surface area contributed by atoms with Crippen LogP contribution in [-0.4, -0.2) is 20.9 Å². The Morgan fingerprint density at radius 2 is 1.89 bits per heavy atom. The highest BCUT2D eigenvalue weighted by molar-refractivity contribution is 7.80. The first-order chi connectivity index (χ1) is 8.01. The quantitative estimate of drug-likeness (QED) is 0.687. The first-order valence-electron chi connectivity index (χ1n) is 4.47. The van der Waals surface area contributed by atoms with E-state index in [0.717, 1.165) is 0 Å². The Balaban J connectivity index is 2.90. The number of nitrogens with two attached hydrogens (primary N) is 1. The van der Waals surface area contributed by atoms with Crippen molar-refractivity contribution in [3.05, 3.63) is 18.0 Å². The number of halogens is 6. The number of nitrogens with zero attached hydrogens (tertiary/aromatic N) is 2. The van der Waals surface area contributed by atoms with E-state index in [9.17, 15) is 26.3 Å². The molecular weight excluding hydrogens is 284 g/mol. The third-order valence-electron chi connectivity index (χ3n) is 2.07. The van der Waals surface area contributed by atoms with Crippen LogP contribution >= 0.6 is 12.2 Å². The highest BCUT2D eigenvalue weighted by Crippen LogP contribution is 2.30. The second kappa shape index (κ2) is 4.75. The summed E-state index contributed by atoms with van der Waals surface area (Å²) in [6.07, 6.45) is -8.48. The van der Waals surface area contributed by atoms with Gasteiger partial charge in [0.15, 0.2) is 0 Å². The summed E-state index contributed by atoms with van der Waals surface area (Å²) in [5.74, 6) is -2.21. The van der Waals surface area contributed by atoms with Gasteiger partial charge in [0.05, 0.1) is 23.3 Å². The summed E-state index contributed by atoms with van der Waals surface area (Å²) < 4.78 is 74.5. The van der Waals surface area contributed by atoms with Gasteiger partial charge in [-0.3, -0.25) is 4.68 Å². The van der Waals surface area contributed by atoms with Crippen LogP contribution in [0.3, 0.4) is 0 Å². The van der Waals surface area contributed by atoms with Gasteiger partial charge in [0.1, 0.15) is 5.92 Å². The minimum Gasteiger partial charge on any atom is -0.393 e. The van der Waals surface area contributed by atoms with Crippen LogP contribution in [0, 0.1) is 5.92 Å². The number of aromatic nitrogens is 2. The van der Waals surface area contributed by atoms with Crippen LogP contribution in [0.1, 0.15) is 5.56 Å². The molecule has 0 saturated heterocycles. The number of rotatable bonds is 3. The molecule has 0 amide bonds. The van der Waals surface area contributed by atoms with E-state index in [1.54, 1.807) is 0 Å². The summed E-state index contributed by atoms with van der Waals surface area (Å²) in [6.45, 7) is -0.880. The zero-order valence-corrected chi connectivity index (χ0v) is 9.40. The second-order valence-electron chi connectivity index (χ2n) is 3.45. The largest absolute Gasteiger partial charge is 0.419 e. The molecule has 10 heteroatoms. The molecule has 0 aliphatic heterocycles. The van der Waals surface area contributed by atoms with Gasteiger partial charge in [-0.25, -0.2) is 0 Å². The van der Waals surface area contributed by atoms with E-state index in [-0.39, 0.29) is 0 Å². The Kier molecular flexibility index (Phi) is 3.89. The van der Waals surface area contributed by atoms with E-state index in [1.165, 1.54) is 0 Å². The van der Waals surface area contributed by atoms with Crippen LogP contribution in [0.2, 0.25) is 0 Å². The fraction of sp³-hybridized carbons (Fsp3) is 0.500. The molecule has 1 aromatic rings. The lowest BCUT2D eigenvalue weighted by atomic mass is 10.1. The number of hydrogen-bond donors (Lipinski definition) is 1. The van der Waals surface area contributed by atoms with Gasteiger partial charge in [0.25, 0.3) is 0 Å². The Bertz CT molecular complexity index is 435. The van der Waals surface area contributed by atoms with E-state index >= 15 is 0 Å². The van der Waals surface area contributed by atoms with E-state index in [4.69, 9.17) is 5.73 Å². The van der Waals surface area contributed by atoms with Crippen LogP contribution in [-0.2, 0) is 12.7 Å². The molecule has 0 bridgehead atoms. The van der Waals surface area contributed by atoms with Crippen molar-refractivity contribution < 1.29 is 26.3 Å². The maximum absolute atomic E-state index is 12.5. The van der Waals surface area contributed by atoms with Crippen LogP contribution in [0.4, 0.5) is 26.3 Å². The molecule has 0 aromatic carbocycles. The predicted octanol–water partition coefficient (Wildman–Crippen LogP) is 2.37. The summed E-state index contributed by atoms with van der Waals surface area (Å²) in [7, 11) is 0. The fourth-order valence-corrected chi connectivity index (χ4v) is 1.36. The molecule has 0 aliphatic rings. The van der Waals surface area contributed by atoms with Crippen molar-refractivity contribution in [2.45, 2.75) is 18.9 Å². The summed E-state index contributed by atoms with van der Waals surface area (Å²) in [5, 5.41) is 3.20. The van der Waals surface area contributed by atoms with Gasteiger partial charge in [-0.2, -0.15) is 31.4 Å². The zero-order valence-electron chi connectivity index (χ0n) is 8.59. The van der Waals surface area contributed by atoms with Gasteiger partial charge in [-0.15, -0.1) is 0 Å². The molecule has 0 spiro atoms. The average Bonchev–Trinajstić information content (AvgIpc) is 2.58. The predicted molar refractivity (Wildman–Crippen MR) is 53.6 cm³/mol. The molecule has 1 aromatic heterocycles. The van der Waals surface area contributed by atoms with Crippen LogP contribution in [0.25, 0.3) is 0 Å². The molecule has 0 saturated carbocycles. The SMILES string of the molecule is NC(=S)C(Cn1cc(C(F)(F)F)cn1)C(F)(F)F. The third kappa shape index (κ3) is 3.59. The highest BCUT2D eigenvalue weighted by Gasteiger charge is 2.42. The molecule has 0 aliphatic carbocycles. The molecule has 1 atom stereocenters. The molecule has 0 fully saturated rings. The topological polar surface area (TPSA) is 43.8 Å². The van der Waals surface area contributed by atoms with Crippen molar-refractivity contribution >= 4 is 17.2 Å². The van der Waals surface area contributed by atoms with Crippen molar-refractivity contribution in [1.82, 2.24) is 9.78 Å². The molecule has 2 N–H and O–H groups in total. The monoisotopic (exact) mass is 291 g/mol.